The largest absolute Gasteiger partial charge is 0.216 e. The fourth-order valence-electron chi connectivity index (χ4n) is 3.10. The molecule has 0 aliphatic heterocycles. The standard InChI is InChI=1S/C18H19ClFNO2S/c1-12(14-9-8-13-4-2-5-15(13)10-14)21-24(22,23)11-16-17(19)6-3-7-18(16)20/h3,6-10,12,21H,2,4-5,11H2,1H3/t12-/m0/s1. The van der Waals surface area contributed by atoms with Crippen LogP contribution < -0.4 is 4.72 Å². The maximum Gasteiger partial charge on any atom is 0.216 e. The first-order valence-electron chi connectivity index (χ1n) is 7.90. The second kappa shape index (κ2) is 6.82. The summed E-state index contributed by atoms with van der Waals surface area (Å²) >= 11 is 5.92. The molecule has 0 unspecified atom stereocenters. The minimum atomic E-state index is -3.72. The zero-order chi connectivity index (χ0) is 17.3. The summed E-state index contributed by atoms with van der Waals surface area (Å²) in [5.41, 5.74) is 3.54. The van der Waals surface area contributed by atoms with Crippen LogP contribution in [0.4, 0.5) is 4.39 Å². The van der Waals surface area contributed by atoms with Crippen LogP contribution in [-0.4, -0.2) is 8.42 Å². The van der Waals surface area contributed by atoms with Crippen molar-refractivity contribution >= 4 is 21.6 Å². The average molecular weight is 368 g/mol. The third-order valence-corrected chi connectivity index (χ3v) is 6.11. The van der Waals surface area contributed by atoms with E-state index in [4.69, 9.17) is 11.6 Å². The summed E-state index contributed by atoms with van der Waals surface area (Å²) in [7, 11) is -3.72. The molecule has 1 N–H and O–H groups in total. The van der Waals surface area contributed by atoms with Crippen LogP contribution >= 0.6 is 11.6 Å². The minimum absolute atomic E-state index is 0.00665. The average Bonchev–Trinajstić information content (AvgIpc) is 2.98. The monoisotopic (exact) mass is 367 g/mol. The molecule has 0 spiro atoms. The SMILES string of the molecule is C[C@H](NS(=O)(=O)Cc1c(F)cccc1Cl)c1ccc2c(c1)CCC2. The van der Waals surface area contributed by atoms with E-state index in [1.54, 1.807) is 6.92 Å². The van der Waals surface area contributed by atoms with Gasteiger partial charge in [-0.15, -0.1) is 0 Å². The van der Waals surface area contributed by atoms with E-state index in [0.717, 1.165) is 24.8 Å². The summed E-state index contributed by atoms with van der Waals surface area (Å²) in [4.78, 5) is 0. The van der Waals surface area contributed by atoms with Gasteiger partial charge in [0.05, 0.1) is 5.75 Å². The Labute approximate surface area is 146 Å². The highest BCUT2D eigenvalue weighted by Crippen LogP contribution is 2.26. The van der Waals surface area contributed by atoms with Crippen molar-refractivity contribution in [2.45, 2.75) is 38.0 Å². The van der Waals surface area contributed by atoms with Crippen LogP contribution in [0, 0.1) is 5.82 Å². The molecular formula is C18H19ClFNO2S. The second-order valence-corrected chi connectivity index (χ2v) is 8.34. The van der Waals surface area contributed by atoms with Gasteiger partial charge in [-0.05, 0) is 55.0 Å². The van der Waals surface area contributed by atoms with E-state index in [1.807, 2.05) is 6.07 Å². The molecule has 0 radical (unpaired) electrons. The van der Waals surface area contributed by atoms with E-state index in [-0.39, 0.29) is 16.6 Å². The van der Waals surface area contributed by atoms with Crippen LogP contribution in [-0.2, 0) is 28.6 Å². The van der Waals surface area contributed by atoms with Crippen molar-refractivity contribution in [3.05, 3.63) is 69.5 Å². The molecule has 2 aromatic rings. The van der Waals surface area contributed by atoms with Crippen LogP contribution in [0.1, 0.15) is 41.6 Å². The third kappa shape index (κ3) is 3.79. The highest BCUT2D eigenvalue weighted by molar-refractivity contribution is 7.88. The number of benzene rings is 2. The number of sulfonamides is 1. The fourth-order valence-corrected chi connectivity index (χ4v) is 4.84. The molecule has 1 aliphatic carbocycles. The van der Waals surface area contributed by atoms with Gasteiger partial charge in [-0.1, -0.05) is 35.9 Å². The highest BCUT2D eigenvalue weighted by Gasteiger charge is 2.21. The predicted octanol–water partition coefficient (Wildman–Crippen LogP) is 4.15. The summed E-state index contributed by atoms with van der Waals surface area (Å²) in [6, 6.07) is 9.84. The number of fused-ring (bicyclic) bond motifs is 1. The van der Waals surface area contributed by atoms with Gasteiger partial charge in [0, 0.05) is 16.6 Å². The van der Waals surface area contributed by atoms with E-state index >= 15 is 0 Å². The van der Waals surface area contributed by atoms with E-state index in [0.29, 0.717) is 0 Å². The van der Waals surface area contributed by atoms with Gasteiger partial charge in [-0.2, -0.15) is 0 Å². The lowest BCUT2D eigenvalue weighted by atomic mass is 10.0. The quantitative estimate of drug-likeness (QED) is 0.862. The predicted molar refractivity (Wildman–Crippen MR) is 94.1 cm³/mol. The Morgan fingerprint density at radius 1 is 1.21 bits per heavy atom. The first-order chi connectivity index (χ1) is 11.4. The Kier molecular flexibility index (Phi) is 4.95. The molecule has 3 nitrogen and oxygen atoms in total. The summed E-state index contributed by atoms with van der Waals surface area (Å²) in [6.45, 7) is 1.79. The summed E-state index contributed by atoms with van der Waals surface area (Å²) in [6.07, 6.45) is 3.26. The molecule has 0 amide bonds. The van der Waals surface area contributed by atoms with E-state index < -0.39 is 21.6 Å². The van der Waals surface area contributed by atoms with Crippen molar-refractivity contribution in [2.24, 2.45) is 0 Å². The molecule has 128 valence electrons. The Balaban J connectivity index is 1.76. The molecule has 2 aromatic carbocycles. The van der Waals surface area contributed by atoms with Gasteiger partial charge in [-0.25, -0.2) is 17.5 Å². The number of hydrogen-bond donors (Lipinski definition) is 1. The molecule has 0 aromatic heterocycles. The summed E-state index contributed by atoms with van der Waals surface area (Å²) in [5.74, 6) is -1.09. The molecule has 0 heterocycles. The molecule has 0 saturated heterocycles. The first-order valence-corrected chi connectivity index (χ1v) is 9.93. The van der Waals surface area contributed by atoms with Crippen molar-refractivity contribution in [3.63, 3.8) is 0 Å². The maximum absolute atomic E-state index is 13.8. The lowest BCUT2D eigenvalue weighted by Gasteiger charge is -2.16. The molecule has 0 fully saturated rings. The maximum atomic E-state index is 13.8. The van der Waals surface area contributed by atoms with Crippen molar-refractivity contribution < 1.29 is 12.8 Å². The molecular weight excluding hydrogens is 349 g/mol. The number of aryl methyl sites for hydroxylation is 2. The Hall–Kier alpha value is -1.43. The third-order valence-electron chi connectivity index (χ3n) is 4.37. The minimum Gasteiger partial charge on any atom is -0.212 e. The summed E-state index contributed by atoms with van der Waals surface area (Å²) < 4.78 is 41.2. The lowest BCUT2D eigenvalue weighted by Crippen LogP contribution is -2.28. The van der Waals surface area contributed by atoms with Crippen LogP contribution in [0.3, 0.4) is 0 Å². The van der Waals surface area contributed by atoms with Gasteiger partial charge in [0.2, 0.25) is 10.0 Å². The van der Waals surface area contributed by atoms with Gasteiger partial charge >= 0.3 is 0 Å². The van der Waals surface area contributed by atoms with Crippen LogP contribution in [0.2, 0.25) is 5.02 Å². The molecule has 0 saturated carbocycles. The highest BCUT2D eigenvalue weighted by atomic mass is 35.5. The van der Waals surface area contributed by atoms with Gasteiger partial charge in [-0.3, -0.25) is 0 Å². The van der Waals surface area contributed by atoms with Crippen molar-refractivity contribution in [1.82, 2.24) is 4.72 Å². The first kappa shape index (κ1) is 17.4. The number of halogens is 2. The van der Waals surface area contributed by atoms with Crippen molar-refractivity contribution in [1.29, 1.82) is 0 Å². The normalized spacial score (nSPS) is 15.3. The Morgan fingerprint density at radius 2 is 1.96 bits per heavy atom. The van der Waals surface area contributed by atoms with Gasteiger partial charge < -0.3 is 0 Å². The second-order valence-electron chi connectivity index (χ2n) is 6.18. The Bertz CT molecular complexity index is 847. The van der Waals surface area contributed by atoms with Gasteiger partial charge in [0.1, 0.15) is 5.82 Å². The molecule has 6 heteroatoms. The zero-order valence-electron chi connectivity index (χ0n) is 13.4. The number of nitrogens with one attached hydrogen (secondary N) is 1. The van der Waals surface area contributed by atoms with Crippen molar-refractivity contribution in [2.75, 3.05) is 0 Å². The van der Waals surface area contributed by atoms with E-state index in [9.17, 15) is 12.8 Å². The van der Waals surface area contributed by atoms with Crippen LogP contribution in [0.5, 0.6) is 0 Å². The molecule has 0 bridgehead atoms. The van der Waals surface area contributed by atoms with E-state index in [2.05, 4.69) is 16.9 Å². The lowest BCUT2D eigenvalue weighted by molar-refractivity contribution is 0.561. The van der Waals surface area contributed by atoms with Gasteiger partial charge in [0.25, 0.3) is 0 Å². The number of hydrogen-bond acceptors (Lipinski definition) is 2. The molecule has 24 heavy (non-hydrogen) atoms. The topological polar surface area (TPSA) is 46.2 Å². The molecule has 1 atom stereocenters. The van der Waals surface area contributed by atoms with E-state index in [1.165, 1.54) is 29.3 Å². The van der Waals surface area contributed by atoms with Gasteiger partial charge in [0.15, 0.2) is 0 Å². The zero-order valence-corrected chi connectivity index (χ0v) is 14.9. The molecule has 1 aliphatic rings. The van der Waals surface area contributed by atoms with Crippen LogP contribution in [0.15, 0.2) is 36.4 Å². The fraction of sp³-hybridized carbons (Fsp3) is 0.333. The smallest absolute Gasteiger partial charge is 0.212 e. The van der Waals surface area contributed by atoms with Crippen molar-refractivity contribution in [3.8, 4) is 0 Å². The number of rotatable bonds is 5. The molecule has 3 rings (SSSR count). The Morgan fingerprint density at radius 3 is 2.71 bits per heavy atom. The van der Waals surface area contributed by atoms with Crippen LogP contribution in [0.25, 0.3) is 0 Å². The summed E-state index contributed by atoms with van der Waals surface area (Å²) in [5, 5.41) is 0.116.